The summed E-state index contributed by atoms with van der Waals surface area (Å²) in [4.78, 5) is 24.3. The Kier molecular flexibility index (Phi) is 9.44. The molecular weight excluding hydrogens is 464 g/mol. The Bertz CT molecular complexity index is 1060. The van der Waals surface area contributed by atoms with E-state index < -0.39 is 29.7 Å². The van der Waals surface area contributed by atoms with E-state index in [1.54, 1.807) is 25.3 Å². The first-order chi connectivity index (χ1) is 17.4. The van der Waals surface area contributed by atoms with Crippen LogP contribution in [-0.4, -0.2) is 49.6 Å². The van der Waals surface area contributed by atoms with Crippen molar-refractivity contribution in [3.63, 3.8) is 0 Å². The predicted octanol–water partition coefficient (Wildman–Crippen LogP) is 5.47. The molecule has 8 heteroatoms. The summed E-state index contributed by atoms with van der Waals surface area (Å²) in [6, 6.07) is 8.95. The smallest absolute Gasteiger partial charge is 0.308 e. The van der Waals surface area contributed by atoms with Crippen LogP contribution in [0.4, 0.5) is 0 Å². The molecule has 0 bridgehead atoms. The van der Waals surface area contributed by atoms with Crippen molar-refractivity contribution in [2.24, 2.45) is 5.92 Å². The highest BCUT2D eigenvalue weighted by molar-refractivity contribution is 5.79. The summed E-state index contributed by atoms with van der Waals surface area (Å²) in [5.41, 5.74) is 2.08. The van der Waals surface area contributed by atoms with Gasteiger partial charge in [-0.2, -0.15) is 0 Å². The summed E-state index contributed by atoms with van der Waals surface area (Å²) in [7, 11) is 3.06. The number of unbranched alkanes of at least 4 members (excludes halogenated alkanes) is 2. The number of carboxylic acids is 2. The van der Waals surface area contributed by atoms with Crippen LogP contribution in [0.3, 0.4) is 0 Å². The zero-order valence-electron chi connectivity index (χ0n) is 21.4. The molecule has 3 rings (SSSR count). The van der Waals surface area contributed by atoms with Crippen LogP contribution in [0.1, 0.15) is 74.5 Å². The number of ether oxygens (including phenoxy) is 4. The molecule has 0 amide bonds. The summed E-state index contributed by atoms with van der Waals surface area (Å²) >= 11 is 0. The van der Waals surface area contributed by atoms with Gasteiger partial charge < -0.3 is 29.2 Å². The van der Waals surface area contributed by atoms with Crippen molar-refractivity contribution >= 4 is 11.9 Å². The van der Waals surface area contributed by atoms with Crippen molar-refractivity contribution in [3.8, 4) is 23.0 Å². The molecule has 0 saturated carbocycles. The van der Waals surface area contributed by atoms with Crippen molar-refractivity contribution in [3.05, 3.63) is 47.0 Å². The third-order valence-electron chi connectivity index (χ3n) is 6.63. The zero-order chi connectivity index (χ0) is 26.2. The van der Waals surface area contributed by atoms with Crippen LogP contribution >= 0.6 is 0 Å². The SMILES string of the molecule is CCCCOc1ccc(C2c3cc(OCCCC)c(OC)cc3C(CC(=O)O)C2C(=O)O)cc1OC. The van der Waals surface area contributed by atoms with Gasteiger partial charge in [0, 0.05) is 11.8 Å². The van der Waals surface area contributed by atoms with Crippen molar-refractivity contribution in [1.29, 1.82) is 0 Å². The molecule has 0 spiro atoms. The van der Waals surface area contributed by atoms with Gasteiger partial charge in [0.05, 0.1) is 39.8 Å². The van der Waals surface area contributed by atoms with Gasteiger partial charge >= 0.3 is 11.9 Å². The lowest BCUT2D eigenvalue weighted by Crippen LogP contribution is -2.24. The van der Waals surface area contributed by atoms with E-state index >= 15 is 0 Å². The molecule has 8 nitrogen and oxygen atoms in total. The van der Waals surface area contributed by atoms with Crippen LogP contribution in [0.15, 0.2) is 30.3 Å². The molecule has 2 aromatic carbocycles. The average Bonchev–Trinajstić information content (AvgIpc) is 3.16. The number of hydrogen-bond donors (Lipinski definition) is 2. The number of fused-ring (bicyclic) bond motifs is 1. The molecule has 36 heavy (non-hydrogen) atoms. The molecule has 1 aliphatic carbocycles. The number of carbonyl (C=O) groups is 2. The summed E-state index contributed by atoms with van der Waals surface area (Å²) in [6.07, 6.45) is 3.41. The first-order valence-electron chi connectivity index (χ1n) is 12.5. The van der Waals surface area contributed by atoms with Crippen molar-refractivity contribution in [2.45, 2.75) is 57.8 Å². The van der Waals surface area contributed by atoms with E-state index in [-0.39, 0.29) is 6.42 Å². The van der Waals surface area contributed by atoms with E-state index in [0.29, 0.717) is 47.3 Å². The van der Waals surface area contributed by atoms with Gasteiger partial charge in [-0.15, -0.1) is 0 Å². The fourth-order valence-corrected chi connectivity index (χ4v) is 4.85. The van der Waals surface area contributed by atoms with Gasteiger partial charge in [0.1, 0.15) is 0 Å². The number of rotatable bonds is 14. The minimum absolute atomic E-state index is 0.311. The normalized spacial score (nSPS) is 18.4. The van der Waals surface area contributed by atoms with Crippen molar-refractivity contribution < 1.29 is 38.7 Å². The quantitative estimate of drug-likeness (QED) is 0.329. The number of carboxylic acid groups (broad SMARTS) is 2. The van der Waals surface area contributed by atoms with Crippen molar-refractivity contribution in [1.82, 2.24) is 0 Å². The van der Waals surface area contributed by atoms with Gasteiger partial charge in [-0.05, 0) is 53.8 Å². The topological polar surface area (TPSA) is 112 Å². The Morgan fingerprint density at radius 3 is 1.94 bits per heavy atom. The molecule has 0 fully saturated rings. The number of benzene rings is 2. The highest BCUT2D eigenvalue weighted by Crippen LogP contribution is 2.54. The molecule has 0 aliphatic heterocycles. The Labute approximate surface area is 212 Å². The van der Waals surface area contributed by atoms with Crippen LogP contribution in [-0.2, 0) is 9.59 Å². The first kappa shape index (κ1) is 27.2. The molecule has 0 saturated heterocycles. The van der Waals surface area contributed by atoms with E-state index in [1.165, 1.54) is 7.11 Å². The second kappa shape index (κ2) is 12.5. The minimum atomic E-state index is -1.06. The van der Waals surface area contributed by atoms with E-state index in [2.05, 4.69) is 13.8 Å². The first-order valence-corrected chi connectivity index (χ1v) is 12.5. The fourth-order valence-electron chi connectivity index (χ4n) is 4.85. The number of hydrogen-bond acceptors (Lipinski definition) is 6. The summed E-state index contributed by atoms with van der Waals surface area (Å²) < 4.78 is 22.9. The minimum Gasteiger partial charge on any atom is -0.493 e. The Balaban J connectivity index is 2.14. The Morgan fingerprint density at radius 2 is 1.39 bits per heavy atom. The van der Waals surface area contributed by atoms with Crippen LogP contribution in [0.25, 0.3) is 0 Å². The average molecular weight is 501 g/mol. The van der Waals surface area contributed by atoms with E-state index in [9.17, 15) is 19.8 Å². The zero-order valence-corrected chi connectivity index (χ0v) is 21.4. The fraction of sp³-hybridized carbons (Fsp3) is 0.500. The van der Waals surface area contributed by atoms with Gasteiger partial charge in [-0.25, -0.2) is 0 Å². The second-order valence-corrected chi connectivity index (χ2v) is 8.99. The lowest BCUT2D eigenvalue weighted by atomic mass is 9.81. The predicted molar refractivity (Wildman–Crippen MR) is 135 cm³/mol. The lowest BCUT2D eigenvalue weighted by Gasteiger charge is -2.22. The molecule has 1 aliphatic rings. The maximum Gasteiger partial charge on any atom is 0.308 e. The van der Waals surface area contributed by atoms with Gasteiger partial charge in [0.15, 0.2) is 23.0 Å². The van der Waals surface area contributed by atoms with Crippen molar-refractivity contribution in [2.75, 3.05) is 27.4 Å². The van der Waals surface area contributed by atoms with E-state index in [4.69, 9.17) is 18.9 Å². The van der Waals surface area contributed by atoms with Gasteiger partial charge in [-0.3, -0.25) is 9.59 Å². The largest absolute Gasteiger partial charge is 0.493 e. The second-order valence-electron chi connectivity index (χ2n) is 8.99. The molecule has 0 heterocycles. The van der Waals surface area contributed by atoms with E-state index in [0.717, 1.165) is 31.2 Å². The Morgan fingerprint density at radius 1 is 0.806 bits per heavy atom. The Hall–Kier alpha value is -3.42. The standard InChI is InChI=1S/C28H36O8/c1-5-7-11-35-21-10-9-17(13-22(21)33-3)26-19-15-24(36-12-8-6-2)23(34-4)14-18(19)20(16-25(29)30)27(26)28(31)32/h9-10,13-15,20,26-27H,5-8,11-12,16H2,1-4H3,(H,29,30)(H,31,32). The monoisotopic (exact) mass is 500 g/mol. The van der Waals surface area contributed by atoms with Crippen LogP contribution in [0, 0.1) is 5.92 Å². The summed E-state index contributed by atoms with van der Waals surface area (Å²) in [5, 5.41) is 19.9. The maximum absolute atomic E-state index is 12.6. The molecule has 0 aromatic heterocycles. The van der Waals surface area contributed by atoms with Crippen LogP contribution < -0.4 is 18.9 Å². The molecule has 3 atom stereocenters. The van der Waals surface area contributed by atoms with Crippen LogP contribution in [0.2, 0.25) is 0 Å². The van der Waals surface area contributed by atoms with Gasteiger partial charge in [0.25, 0.3) is 0 Å². The van der Waals surface area contributed by atoms with Gasteiger partial charge in [0.2, 0.25) is 0 Å². The summed E-state index contributed by atoms with van der Waals surface area (Å²) in [5.74, 6) is -2.37. The van der Waals surface area contributed by atoms with Crippen LogP contribution in [0.5, 0.6) is 23.0 Å². The molecule has 2 aromatic rings. The maximum atomic E-state index is 12.6. The molecular formula is C28H36O8. The third-order valence-corrected chi connectivity index (χ3v) is 6.63. The highest BCUT2D eigenvalue weighted by atomic mass is 16.5. The van der Waals surface area contributed by atoms with E-state index in [1.807, 2.05) is 12.1 Å². The third kappa shape index (κ3) is 5.86. The molecule has 2 N–H and O–H groups in total. The molecule has 196 valence electrons. The summed E-state index contributed by atoms with van der Waals surface area (Å²) in [6.45, 7) is 5.19. The number of methoxy groups -OCH3 is 2. The lowest BCUT2D eigenvalue weighted by molar-refractivity contribution is -0.143. The van der Waals surface area contributed by atoms with Gasteiger partial charge in [-0.1, -0.05) is 32.8 Å². The number of aliphatic carboxylic acids is 2. The molecule has 3 unspecified atom stereocenters. The molecule has 0 radical (unpaired) electrons. The highest BCUT2D eigenvalue weighted by Gasteiger charge is 2.47.